The summed E-state index contributed by atoms with van der Waals surface area (Å²) in [7, 11) is 0. The van der Waals surface area contributed by atoms with Crippen molar-refractivity contribution in [1.29, 1.82) is 0 Å². The van der Waals surface area contributed by atoms with E-state index in [1.807, 2.05) is 0 Å². The minimum Gasteiger partial charge on any atom is -0.408 e. The van der Waals surface area contributed by atoms with E-state index in [1.165, 1.54) is 6.07 Å². The van der Waals surface area contributed by atoms with E-state index < -0.39 is 11.8 Å². The maximum absolute atomic E-state index is 13.2. The Morgan fingerprint density at radius 1 is 1.20 bits per heavy atom. The number of nitrogens with one attached hydrogen (secondary N) is 1. The molecular weight excluding hydrogens is 327 g/mol. The minimum atomic E-state index is -0.504. The molecule has 0 saturated heterocycles. The summed E-state index contributed by atoms with van der Waals surface area (Å²) >= 11 is 3.13. The summed E-state index contributed by atoms with van der Waals surface area (Å²) in [5, 5.41) is 0. The second-order valence-corrected chi connectivity index (χ2v) is 5.28. The van der Waals surface area contributed by atoms with Gasteiger partial charge in [0.2, 0.25) is 0 Å². The van der Waals surface area contributed by atoms with Crippen LogP contribution in [0.15, 0.2) is 50.1 Å². The fourth-order valence-corrected chi connectivity index (χ4v) is 2.45. The van der Waals surface area contributed by atoms with Gasteiger partial charge < -0.3 is 10.2 Å². The Hall–Kier alpha value is -1.92. The Morgan fingerprint density at radius 3 is 2.65 bits per heavy atom. The highest BCUT2D eigenvalue weighted by molar-refractivity contribution is 9.10. The summed E-state index contributed by atoms with van der Waals surface area (Å²) in [6.45, 7) is 0. The molecule has 4 nitrogen and oxygen atoms in total. The maximum atomic E-state index is 13.2. The summed E-state index contributed by atoms with van der Waals surface area (Å²) in [4.78, 5) is 13.7. The number of hydrogen-bond donors (Lipinski definition) is 2. The molecule has 1 atom stereocenters. The fourth-order valence-electron chi connectivity index (χ4n) is 2.05. The lowest BCUT2D eigenvalue weighted by Gasteiger charge is -2.13. The molecule has 1 aromatic heterocycles. The number of H-pyrrole nitrogens is 1. The highest BCUT2D eigenvalue weighted by Crippen LogP contribution is 2.26. The van der Waals surface area contributed by atoms with Crippen LogP contribution in [-0.4, -0.2) is 4.98 Å². The van der Waals surface area contributed by atoms with Crippen molar-refractivity contribution in [3.8, 4) is 0 Å². The van der Waals surface area contributed by atoms with Crippen molar-refractivity contribution in [3.63, 3.8) is 0 Å². The van der Waals surface area contributed by atoms with Crippen molar-refractivity contribution >= 4 is 27.0 Å². The largest absolute Gasteiger partial charge is 0.417 e. The minimum absolute atomic E-state index is 0.340. The van der Waals surface area contributed by atoms with Gasteiger partial charge in [0, 0.05) is 0 Å². The summed E-state index contributed by atoms with van der Waals surface area (Å²) in [6, 6.07) is 9.42. The number of fused-ring (bicyclic) bond motifs is 1. The number of rotatable bonds is 2. The van der Waals surface area contributed by atoms with Crippen molar-refractivity contribution in [2.45, 2.75) is 6.04 Å². The van der Waals surface area contributed by atoms with Gasteiger partial charge in [-0.1, -0.05) is 12.1 Å². The molecule has 3 aromatic rings. The van der Waals surface area contributed by atoms with Gasteiger partial charge in [0.25, 0.3) is 0 Å². The Kier molecular flexibility index (Phi) is 3.19. The van der Waals surface area contributed by atoms with Crippen molar-refractivity contribution in [2.75, 3.05) is 0 Å². The predicted octanol–water partition coefficient (Wildman–Crippen LogP) is 3.07. The summed E-state index contributed by atoms with van der Waals surface area (Å²) in [5.41, 5.74) is 8.76. The van der Waals surface area contributed by atoms with Crippen LogP contribution in [-0.2, 0) is 0 Å². The van der Waals surface area contributed by atoms with E-state index in [0.29, 0.717) is 15.6 Å². The van der Waals surface area contributed by atoms with Crippen LogP contribution < -0.4 is 11.5 Å². The Balaban J connectivity index is 2.04. The number of hydrogen-bond acceptors (Lipinski definition) is 3. The smallest absolute Gasteiger partial charge is 0.408 e. The molecule has 20 heavy (non-hydrogen) atoms. The molecule has 0 spiro atoms. The van der Waals surface area contributed by atoms with Crippen LogP contribution >= 0.6 is 15.9 Å². The normalized spacial score (nSPS) is 12.8. The molecule has 102 valence electrons. The van der Waals surface area contributed by atoms with E-state index in [1.54, 1.807) is 30.3 Å². The van der Waals surface area contributed by atoms with E-state index in [4.69, 9.17) is 10.2 Å². The Labute approximate surface area is 121 Å². The molecule has 3 N–H and O–H groups in total. The number of nitrogens with two attached hydrogens (primary N) is 1. The standard InChI is InChI=1S/C14H10BrFN2O2/c15-9-5-7(1-3-10(9)16)13(17)8-2-4-11-12(6-8)20-14(19)18-11/h1-6,13H,17H2,(H,18,19). The SMILES string of the molecule is NC(c1ccc(F)c(Br)c1)c1ccc2[nH]c(=O)oc2c1. The van der Waals surface area contributed by atoms with E-state index >= 15 is 0 Å². The van der Waals surface area contributed by atoms with Crippen LogP contribution in [0.3, 0.4) is 0 Å². The summed E-state index contributed by atoms with van der Waals surface area (Å²) in [5.74, 6) is -0.844. The molecule has 1 unspecified atom stereocenters. The lowest BCUT2D eigenvalue weighted by atomic mass is 9.99. The van der Waals surface area contributed by atoms with Crippen LogP contribution in [0, 0.1) is 5.82 Å². The van der Waals surface area contributed by atoms with E-state index in [2.05, 4.69) is 20.9 Å². The Morgan fingerprint density at radius 2 is 1.90 bits per heavy atom. The first-order valence-electron chi connectivity index (χ1n) is 5.88. The molecule has 0 fully saturated rings. The van der Waals surface area contributed by atoms with Crippen LogP contribution in [0.5, 0.6) is 0 Å². The van der Waals surface area contributed by atoms with E-state index in [9.17, 15) is 9.18 Å². The molecule has 3 rings (SSSR count). The number of halogens is 2. The average molecular weight is 337 g/mol. The zero-order chi connectivity index (χ0) is 14.3. The van der Waals surface area contributed by atoms with Gasteiger partial charge in [0.15, 0.2) is 5.58 Å². The molecule has 6 heteroatoms. The molecule has 0 aliphatic heterocycles. The van der Waals surface area contributed by atoms with Gasteiger partial charge in [-0.15, -0.1) is 0 Å². The molecule has 0 amide bonds. The number of aromatic amines is 1. The lowest BCUT2D eigenvalue weighted by Crippen LogP contribution is -2.11. The van der Waals surface area contributed by atoms with Gasteiger partial charge in [0.1, 0.15) is 5.82 Å². The van der Waals surface area contributed by atoms with Crippen molar-refractivity contribution in [3.05, 3.63) is 68.4 Å². The molecule has 0 radical (unpaired) electrons. The van der Waals surface area contributed by atoms with E-state index in [0.717, 1.165) is 11.1 Å². The number of aromatic nitrogens is 1. The highest BCUT2D eigenvalue weighted by atomic mass is 79.9. The molecule has 0 saturated carbocycles. The second kappa shape index (κ2) is 4.88. The molecule has 0 bridgehead atoms. The third-order valence-corrected chi connectivity index (χ3v) is 3.71. The summed E-state index contributed by atoms with van der Waals surface area (Å²) in [6.07, 6.45) is 0. The third kappa shape index (κ3) is 2.28. The lowest BCUT2D eigenvalue weighted by molar-refractivity contribution is 0.555. The van der Waals surface area contributed by atoms with Gasteiger partial charge in [-0.25, -0.2) is 9.18 Å². The quantitative estimate of drug-likeness (QED) is 0.755. The maximum Gasteiger partial charge on any atom is 0.417 e. The van der Waals surface area contributed by atoms with Crippen LogP contribution in [0.4, 0.5) is 4.39 Å². The molecule has 0 aliphatic rings. The third-order valence-electron chi connectivity index (χ3n) is 3.11. The zero-order valence-corrected chi connectivity index (χ0v) is 11.8. The highest BCUT2D eigenvalue weighted by Gasteiger charge is 2.12. The van der Waals surface area contributed by atoms with Crippen LogP contribution in [0.2, 0.25) is 0 Å². The van der Waals surface area contributed by atoms with Gasteiger partial charge in [-0.05, 0) is 51.3 Å². The van der Waals surface area contributed by atoms with Crippen molar-refractivity contribution < 1.29 is 8.81 Å². The molecule has 2 aromatic carbocycles. The number of benzene rings is 2. The molecule has 0 aliphatic carbocycles. The van der Waals surface area contributed by atoms with Crippen LogP contribution in [0.1, 0.15) is 17.2 Å². The van der Waals surface area contributed by atoms with Crippen molar-refractivity contribution in [1.82, 2.24) is 4.98 Å². The van der Waals surface area contributed by atoms with Gasteiger partial charge in [0.05, 0.1) is 16.0 Å². The average Bonchev–Trinajstić information content (AvgIpc) is 2.80. The second-order valence-electron chi connectivity index (χ2n) is 4.42. The molecule has 1 heterocycles. The first-order chi connectivity index (χ1) is 9.54. The first kappa shape index (κ1) is 13.1. The fraction of sp³-hybridized carbons (Fsp3) is 0.0714. The Bertz CT molecular complexity index is 841. The number of oxazole rings is 1. The van der Waals surface area contributed by atoms with Gasteiger partial charge in [-0.3, -0.25) is 4.98 Å². The van der Waals surface area contributed by atoms with Gasteiger partial charge in [-0.2, -0.15) is 0 Å². The predicted molar refractivity (Wildman–Crippen MR) is 77.0 cm³/mol. The summed E-state index contributed by atoms with van der Waals surface area (Å²) < 4.78 is 18.6. The first-order valence-corrected chi connectivity index (χ1v) is 6.67. The van der Waals surface area contributed by atoms with Gasteiger partial charge >= 0.3 is 5.76 Å². The topological polar surface area (TPSA) is 72.0 Å². The molecular formula is C14H10BrFN2O2. The monoisotopic (exact) mass is 336 g/mol. The zero-order valence-electron chi connectivity index (χ0n) is 10.2. The van der Waals surface area contributed by atoms with E-state index in [-0.39, 0.29) is 5.82 Å². The van der Waals surface area contributed by atoms with Crippen molar-refractivity contribution in [2.24, 2.45) is 5.73 Å². The van der Waals surface area contributed by atoms with Crippen LogP contribution in [0.25, 0.3) is 11.1 Å².